The number of hydrogen-bond donors (Lipinski definition) is 1. The molecule has 2 N–H and O–H groups in total. The van der Waals surface area contributed by atoms with E-state index in [1.807, 2.05) is 48.5 Å². The lowest BCUT2D eigenvalue weighted by atomic mass is 9.84. The summed E-state index contributed by atoms with van der Waals surface area (Å²) in [4.78, 5) is 11.8. The molecule has 0 aliphatic rings. The van der Waals surface area contributed by atoms with E-state index in [0.717, 1.165) is 22.4 Å². The molecule has 28 heavy (non-hydrogen) atoms. The third-order valence-electron chi connectivity index (χ3n) is 4.86. The van der Waals surface area contributed by atoms with Gasteiger partial charge in [0.15, 0.2) is 0 Å². The number of ketones is 1. The first kappa shape index (κ1) is 20.2. The average molecular weight is 392 g/mol. The van der Waals surface area contributed by atoms with E-state index < -0.39 is 10.8 Å². The highest BCUT2D eigenvalue weighted by Crippen LogP contribution is 2.48. The summed E-state index contributed by atoms with van der Waals surface area (Å²) in [5.41, 5.74) is 9.52. The number of thioether (sulfide) groups is 1. The number of hydrogen-bond acceptors (Lipinski definition) is 4. The number of benzene rings is 3. The van der Waals surface area contributed by atoms with Crippen LogP contribution in [0.25, 0.3) is 0 Å². The van der Waals surface area contributed by atoms with E-state index in [1.54, 1.807) is 25.8 Å². The summed E-state index contributed by atoms with van der Waals surface area (Å²) in [7, 11) is 1.66. The summed E-state index contributed by atoms with van der Waals surface area (Å²) in [6.07, 6.45) is 0. The quantitative estimate of drug-likeness (QED) is 0.569. The number of ether oxygens (including phenoxy) is 1. The Hall–Kier alpha value is -2.56. The van der Waals surface area contributed by atoms with Gasteiger partial charge in [-0.05, 0) is 35.7 Å². The monoisotopic (exact) mass is 391 g/mol. The predicted octanol–water partition coefficient (Wildman–Crippen LogP) is 4.64. The molecule has 0 aliphatic carbocycles. The number of Topliss-reactive ketones (excluding diaryl/α,β-unsaturated/α-hetero) is 1. The molecule has 0 amide bonds. The van der Waals surface area contributed by atoms with Crippen molar-refractivity contribution in [3.8, 4) is 5.75 Å². The van der Waals surface area contributed by atoms with Crippen LogP contribution in [0.3, 0.4) is 0 Å². The van der Waals surface area contributed by atoms with Gasteiger partial charge >= 0.3 is 0 Å². The summed E-state index contributed by atoms with van der Waals surface area (Å²) < 4.78 is 4.87. The molecule has 0 spiro atoms. The van der Waals surface area contributed by atoms with E-state index in [4.69, 9.17) is 10.5 Å². The molecule has 144 valence electrons. The Morgan fingerprint density at radius 3 is 1.79 bits per heavy atom. The molecule has 3 rings (SSSR count). The highest BCUT2D eigenvalue weighted by Gasteiger charge is 2.37. The van der Waals surface area contributed by atoms with Crippen LogP contribution < -0.4 is 10.5 Å². The topological polar surface area (TPSA) is 52.3 Å². The van der Waals surface area contributed by atoms with Gasteiger partial charge in [-0.3, -0.25) is 4.79 Å². The largest absolute Gasteiger partial charge is 0.497 e. The smallest absolute Gasteiger partial charge is 0.147 e. The van der Waals surface area contributed by atoms with E-state index in [0.29, 0.717) is 5.75 Å². The predicted molar refractivity (Wildman–Crippen MR) is 117 cm³/mol. The van der Waals surface area contributed by atoms with Crippen molar-refractivity contribution in [2.75, 3.05) is 12.9 Å². The Balaban J connectivity index is 2.20. The molecule has 0 saturated heterocycles. The number of methoxy groups -OCH3 is 1. The summed E-state index contributed by atoms with van der Waals surface area (Å²) in [5, 5.41) is 0. The van der Waals surface area contributed by atoms with E-state index in [9.17, 15) is 4.79 Å². The summed E-state index contributed by atoms with van der Waals surface area (Å²) >= 11 is 1.69. The van der Waals surface area contributed by atoms with Gasteiger partial charge in [0.1, 0.15) is 11.5 Å². The minimum absolute atomic E-state index is 0.00254. The fourth-order valence-electron chi connectivity index (χ4n) is 3.25. The van der Waals surface area contributed by atoms with Gasteiger partial charge in [-0.2, -0.15) is 0 Å². The fraction of sp³-hybridized carbons (Fsp3) is 0.208. The van der Waals surface area contributed by atoms with Gasteiger partial charge in [0, 0.05) is 5.75 Å². The zero-order chi connectivity index (χ0) is 20.0. The minimum atomic E-state index is -0.505. The zero-order valence-electron chi connectivity index (χ0n) is 16.2. The second kappa shape index (κ2) is 9.09. The molecule has 0 aromatic heterocycles. The molecule has 0 saturated carbocycles. The second-order valence-electron chi connectivity index (χ2n) is 6.67. The summed E-state index contributed by atoms with van der Waals surface area (Å²) in [6.45, 7) is 1.55. The Morgan fingerprint density at radius 2 is 1.36 bits per heavy atom. The maximum absolute atomic E-state index is 11.8. The van der Waals surface area contributed by atoms with Gasteiger partial charge in [-0.1, -0.05) is 72.8 Å². The Kier molecular flexibility index (Phi) is 6.55. The Bertz CT molecular complexity index is 855. The first-order chi connectivity index (χ1) is 13.6. The number of nitrogens with two attached hydrogens (primary N) is 1. The number of carbonyl (C=O) groups excluding carboxylic acids is 1. The molecule has 3 aromatic rings. The Labute approximate surface area is 170 Å². The van der Waals surface area contributed by atoms with Crippen molar-refractivity contribution in [3.63, 3.8) is 0 Å². The van der Waals surface area contributed by atoms with Gasteiger partial charge < -0.3 is 10.5 Å². The van der Waals surface area contributed by atoms with Crippen LogP contribution in [0, 0.1) is 0 Å². The van der Waals surface area contributed by atoms with E-state index >= 15 is 0 Å². The number of rotatable bonds is 8. The SMILES string of the molecule is COc1ccc(C(SC[C@H](N)C(C)=O)(c2ccccc2)c2ccccc2)cc1. The van der Waals surface area contributed by atoms with Gasteiger partial charge in [-0.25, -0.2) is 0 Å². The lowest BCUT2D eigenvalue weighted by molar-refractivity contribution is -0.117. The lowest BCUT2D eigenvalue weighted by Crippen LogP contribution is -2.34. The van der Waals surface area contributed by atoms with Crippen molar-refractivity contribution in [1.82, 2.24) is 0 Å². The van der Waals surface area contributed by atoms with Crippen molar-refractivity contribution in [2.45, 2.75) is 17.7 Å². The molecule has 4 heteroatoms. The van der Waals surface area contributed by atoms with Crippen LogP contribution in [-0.4, -0.2) is 24.7 Å². The molecule has 0 heterocycles. The minimum Gasteiger partial charge on any atom is -0.497 e. The fourth-order valence-corrected chi connectivity index (χ4v) is 4.83. The molecule has 3 nitrogen and oxygen atoms in total. The first-order valence-corrected chi connectivity index (χ1v) is 10.2. The lowest BCUT2D eigenvalue weighted by Gasteiger charge is -2.36. The summed E-state index contributed by atoms with van der Waals surface area (Å²) in [5.74, 6) is 1.33. The van der Waals surface area contributed by atoms with E-state index in [1.165, 1.54) is 0 Å². The Morgan fingerprint density at radius 1 is 0.893 bits per heavy atom. The van der Waals surface area contributed by atoms with Crippen LogP contribution in [0.2, 0.25) is 0 Å². The molecular weight excluding hydrogens is 366 g/mol. The molecular formula is C24H25NO2S. The molecule has 0 aliphatic heterocycles. The molecule has 3 aromatic carbocycles. The average Bonchev–Trinajstić information content (AvgIpc) is 2.76. The molecule has 0 bridgehead atoms. The molecule has 0 fully saturated rings. The highest BCUT2D eigenvalue weighted by atomic mass is 32.2. The van der Waals surface area contributed by atoms with Crippen molar-refractivity contribution >= 4 is 17.5 Å². The van der Waals surface area contributed by atoms with Gasteiger partial charge in [0.05, 0.1) is 17.9 Å². The van der Waals surface area contributed by atoms with Crippen LogP contribution in [0.15, 0.2) is 84.9 Å². The van der Waals surface area contributed by atoms with Crippen molar-refractivity contribution < 1.29 is 9.53 Å². The summed E-state index contributed by atoms with van der Waals surface area (Å²) in [6, 6.07) is 28.3. The molecule has 1 atom stereocenters. The first-order valence-electron chi connectivity index (χ1n) is 9.23. The van der Waals surface area contributed by atoms with Crippen molar-refractivity contribution in [3.05, 3.63) is 102 Å². The van der Waals surface area contributed by atoms with Crippen LogP contribution in [-0.2, 0) is 9.54 Å². The normalized spacial score (nSPS) is 12.4. The van der Waals surface area contributed by atoms with Crippen LogP contribution in [0.4, 0.5) is 0 Å². The third kappa shape index (κ3) is 4.13. The molecule has 0 unspecified atom stereocenters. The molecule has 0 radical (unpaired) electrons. The zero-order valence-corrected chi connectivity index (χ0v) is 17.0. The highest BCUT2D eigenvalue weighted by molar-refractivity contribution is 8.00. The van der Waals surface area contributed by atoms with Crippen molar-refractivity contribution in [2.24, 2.45) is 5.73 Å². The second-order valence-corrected chi connectivity index (χ2v) is 7.90. The van der Waals surface area contributed by atoms with Gasteiger partial charge in [0.25, 0.3) is 0 Å². The third-order valence-corrected chi connectivity index (χ3v) is 6.52. The van der Waals surface area contributed by atoms with E-state index in [-0.39, 0.29) is 5.78 Å². The van der Waals surface area contributed by atoms with Crippen molar-refractivity contribution in [1.29, 1.82) is 0 Å². The number of carbonyl (C=O) groups is 1. The standard InChI is InChI=1S/C24H25NO2S/c1-18(26)23(25)17-28-24(19-9-5-3-6-10-19,20-11-7-4-8-12-20)21-13-15-22(27-2)16-14-21/h3-16,23H,17,25H2,1-2H3/t23-/m0/s1. The van der Waals surface area contributed by atoms with Crippen LogP contribution >= 0.6 is 11.8 Å². The van der Waals surface area contributed by atoms with Gasteiger partial charge in [0.2, 0.25) is 0 Å². The van der Waals surface area contributed by atoms with Crippen LogP contribution in [0.5, 0.6) is 5.75 Å². The maximum Gasteiger partial charge on any atom is 0.147 e. The van der Waals surface area contributed by atoms with Gasteiger partial charge in [-0.15, -0.1) is 11.8 Å². The maximum atomic E-state index is 11.8. The van der Waals surface area contributed by atoms with Crippen LogP contribution in [0.1, 0.15) is 23.6 Å². The van der Waals surface area contributed by atoms with E-state index in [2.05, 4.69) is 36.4 Å².